The van der Waals surface area contributed by atoms with Crippen molar-refractivity contribution in [3.63, 3.8) is 0 Å². The molecule has 1 aromatic rings. The number of rotatable bonds is 4. The van der Waals surface area contributed by atoms with Gasteiger partial charge >= 0.3 is 0 Å². The molecule has 1 atom stereocenters. The van der Waals surface area contributed by atoms with Crippen LogP contribution in [-0.2, 0) is 4.79 Å². The minimum Gasteiger partial charge on any atom is -0.479 e. The standard InChI is InChI=1S/C14H17Cl2NO3/c1-3-14(19)7-17(8-14)13(18)9(2)20-12-5-4-10(15)6-11(12)16/h4-6,9,19H,3,7-8H2,1-2H3. The Morgan fingerprint density at radius 3 is 2.70 bits per heavy atom. The Balaban J connectivity index is 1.95. The number of carbonyl (C=O) groups is 1. The van der Waals surface area contributed by atoms with Gasteiger partial charge in [0, 0.05) is 5.02 Å². The number of ether oxygens (including phenoxy) is 1. The number of carbonyl (C=O) groups excluding carboxylic acids is 1. The summed E-state index contributed by atoms with van der Waals surface area (Å²) in [4.78, 5) is 13.7. The summed E-state index contributed by atoms with van der Waals surface area (Å²) in [6, 6.07) is 4.85. The van der Waals surface area contributed by atoms with Crippen LogP contribution < -0.4 is 4.74 Å². The van der Waals surface area contributed by atoms with Crippen molar-refractivity contribution >= 4 is 29.1 Å². The van der Waals surface area contributed by atoms with Crippen molar-refractivity contribution in [1.82, 2.24) is 4.90 Å². The summed E-state index contributed by atoms with van der Waals surface area (Å²) < 4.78 is 5.56. The molecule has 0 bridgehead atoms. The number of hydrogen-bond acceptors (Lipinski definition) is 3. The van der Waals surface area contributed by atoms with E-state index >= 15 is 0 Å². The van der Waals surface area contributed by atoms with Gasteiger partial charge in [-0.25, -0.2) is 0 Å². The van der Waals surface area contributed by atoms with Crippen molar-refractivity contribution in [2.24, 2.45) is 0 Å². The third-order valence-corrected chi connectivity index (χ3v) is 4.02. The van der Waals surface area contributed by atoms with E-state index in [9.17, 15) is 9.90 Å². The van der Waals surface area contributed by atoms with E-state index < -0.39 is 11.7 Å². The molecule has 0 aromatic heterocycles. The van der Waals surface area contributed by atoms with Crippen LogP contribution in [0.3, 0.4) is 0 Å². The van der Waals surface area contributed by atoms with Crippen LogP contribution in [0.1, 0.15) is 20.3 Å². The first-order valence-corrected chi connectivity index (χ1v) is 7.23. The number of nitrogens with zero attached hydrogens (tertiary/aromatic N) is 1. The Hall–Kier alpha value is -0.970. The molecule has 20 heavy (non-hydrogen) atoms. The monoisotopic (exact) mass is 317 g/mol. The summed E-state index contributed by atoms with van der Waals surface area (Å²) in [5.74, 6) is 0.261. The Kier molecular flexibility index (Phi) is 4.47. The summed E-state index contributed by atoms with van der Waals surface area (Å²) in [5, 5.41) is 10.8. The van der Waals surface area contributed by atoms with Crippen LogP contribution >= 0.6 is 23.2 Å². The molecule has 1 aromatic carbocycles. The number of halogens is 2. The summed E-state index contributed by atoms with van der Waals surface area (Å²) in [6.45, 7) is 4.26. The highest BCUT2D eigenvalue weighted by Crippen LogP contribution is 2.29. The molecule has 1 aliphatic heterocycles. The van der Waals surface area contributed by atoms with E-state index in [0.29, 0.717) is 35.3 Å². The number of β-amino-alcohol motifs (C(OH)–C–C–N with tert-alkyl or cyclic N) is 1. The van der Waals surface area contributed by atoms with Gasteiger partial charge in [0.2, 0.25) is 0 Å². The Bertz CT molecular complexity index is 515. The van der Waals surface area contributed by atoms with Crippen LogP contribution in [0.2, 0.25) is 10.0 Å². The molecular formula is C14H17Cl2NO3. The zero-order chi connectivity index (χ0) is 14.9. The van der Waals surface area contributed by atoms with Gasteiger partial charge in [-0.3, -0.25) is 4.79 Å². The molecular weight excluding hydrogens is 301 g/mol. The third kappa shape index (κ3) is 3.19. The van der Waals surface area contributed by atoms with Gasteiger partial charge < -0.3 is 14.7 Å². The third-order valence-electron chi connectivity index (χ3n) is 3.49. The highest BCUT2D eigenvalue weighted by atomic mass is 35.5. The lowest BCUT2D eigenvalue weighted by molar-refractivity contribution is -0.162. The molecule has 0 radical (unpaired) electrons. The molecule has 1 heterocycles. The van der Waals surface area contributed by atoms with Gasteiger partial charge in [0.1, 0.15) is 5.75 Å². The van der Waals surface area contributed by atoms with Gasteiger partial charge in [-0.05, 0) is 31.5 Å². The molecule has 110 valence electrons. The van der Waals surface area contributed by atoms with Gasteiger partial charge in [-0.1, -0.05) is 30.1 Å². The number of likely N-dealkylation sites (tertiary alicyclic amines) is 1. The molecule has 1 aliphatic rings. The van der Waals surface area contributed by atoms with Crippen molar-refractivity contribution in [2.75, 3.05) is 13.1 Å². The fourth-order valence-electron chi connectivity index (χ4n) is 2.11. The van der Waals surface area contributed by atoms with Crippen LogP contribution in [0.5, 0.6) is 5.75 Å². The molecule has 1 N–H and O–H groups in total. The van der Waals surface area contributed by atoms with Crippen molar-refractivity contribution < 1.29 is 14.6 Å². The van der Waals surface area contributed by atoms with E-state index in [4.69, 9.17) is 27.9 Å². The molecule has 1 saturated heterocycles. The Morgan fingerprint density at radius 2 is 2.15 bits per heavy atom. The van der Waals surface area contributed by atoms with Crippen LogP contribution in [0, 0.1) is 0 Å². The van der Waals surface area contributed by atoms with Crippen molar-refractivity contribution in [3.8, 4) is 5.75 Å². The lowest BCUT2D eigenvalue weighted by atomic mass is 9.91. The summed E-state index contributed by atoms with van der Waals surface area (Å²) in [7, 11) is 0. The Labute approximate surface area is 128 Å². The second-order valence-corrected chi connectivity index (χ2v) is 5.95. The van der Waals surface area contributed by atoms with E-state index in [1.54, 1.807) is 30.0 Å². The molecule has 2 rings (SSSR count). The zero-order valence-corrected chi connectivity index (χ0v) is 12.9. The summed E-state index contributed by atoms with van der Waals surface area (Å²) in [5.41, 5.74) is -0.743. The molecule has 0 aliphatic carbocycles. The van der Waals surface area contributed by atoms with Gasteiger partial charge in [-0.15, -0.1) is 0 Å². The minimum absolute atomic E-state index is 0.158. The average Bonchev–Trinajstić information content (AvgIpc) is 2.37. The first kappa shape index (κ1) is 15.4. The van der Waals surface area contributed by atoms with E-state index in [-0.39, 0.29) is 5.91 Å². The zero-order valence-electron chi connectivity index (χ0n) is 11.4. The first-order valence-electron chi connectivity index (χ1n) is 6.47. The largest absolute Gasteiger partial charge is 0.479 e. The highest BCUT2D eigenvalue weighted by molar-refractivity contribution is 6.35. The van der Waals surface area contributed by atoms with Crippen LogP contribution in [0.15, 0.2) is 18.2 Å². The SMILES string of the molecule is CCC1(O)CN(C(=O)C(C)Oc2ccc(Cl)cc2Cl)C1. The maximum atomic E-state index is 12.1. The molecule has 1 fully saturated rings. The average molecular weight is 318 g/mol. The minimum atomic E-state index is -0.743. The second-order valence-electron chi connectivity index (χ2n) is 5.11. The molecule has 1 unspecified atom stereocenters. The van der Waals surface area contributed by atoms with Gasteiger partial charge in [0.15, 0.2) is 6.10 Å². The van der Waals surface area contributed by atoms with Gasteiger partial charge in [0.25, 0.3) is 5.91 Å². The Morgan fingerprint density at radius 1 is 1.50 bits per heavy atom. The predicted molar refractivity (Wildman–Crippen MR) is 78.4 cm³/mol. The van der Waals surface area contributed by atoms with E-state index in [1.807, 2.05) is 6.92 Å². The van der Waals surface area contributed by atoms with Crippen LogP contribution in [-0.4, -0.2) is 40.7 Å². The van der Waals surface area contributed by atoms with Gasteiger partial charge in [0.05, 0.1) is 23.7 Å². The first-order chi connectivity index (χ1) is 9.34. The van der Waals surface area contributed by atoms with Crippen molar-refractivity contribution in [2.45, 2.75) is 32.0 Å². The van der Waals surface area contributed by atoms with Crippen molar-refractivity contribution in [3.05, 3.63) is 28.2 Å². The van der Waals surface area contributed by atoms with E-state index in [0.717, 1.165) is 0 Å². The highest BCUT2D eigenvalue weighted by Gasteiger charge is 2.43. The predicted octanol–water partition coefficient (Wildman–Crippen LogP) is 2.74. The lowest BCUT2D eigenvalue weighted by Gasteiger charge is -2.46. The maximum absolute atomic E-state index is 12.1. The second kappa shape index (κ2) is 5.80. The van der Waals surface area contributed by atoms with Crippen molar-refractivity contribution in [1.29, 1.82) is 0 Å². The molecule has 6 heteroatoms. The molecule has 1 amide bonds. The number of benzene rings is 1. The molecule has 0 spiro atoms. The molecule has 4 nitrogen and oxygen atoms in total. The fraction of sp³-hybridized carbons (Fsp3) is 0.500. The summed E-state index contributed by atoms with van der Waals surface area (Å²) >= 11 is 11.8. The quantitative estimate of drug-likeness (QED) is 0.929. The van der Waals surface area contributed by atoms with E-state index in [1.165, 1.54) is 0 Å². The van der Waals surface area contributed by atoms with Crippen LogP contribution in [0.25, 0.3) is 0 Å². The number of hydrogen-bond donors (Lipinski definition) is 1. The normalized spacial score (nSPS) is 18.4. The smallest absolute Gasteiger partial charge is 0.263 e. The van der Waals surface area contributed by atoms with Crippen LogP contribution in [0.4, 0.5) is 0 Å². The summed E-state index contributed by atoms with van der Waals surface area (Å²) in [6.07, 6.45) is -0.0234. The number of aliphatic hydroxyl groups is 1. The van der Waals surface area contributed by atoms with Gasteiger partial charge in [-0.2, -0.15) is 0 Å². The fourth-order valence-corrected chi connectivity index (χ4v) is 2.57. The van der Waals surface area contributed by atoms with E-state index in [2.05, 4.69) is 0 Å². The maximum Gasteiger partial charge on any atom is 0.263 e. The number of amides is 1. The topological polar surface area (TPSA) is 49.8 Å². The lowest BCUT2D eigenvalue weighted by Crippen LogP contribution is -2.65. The molecule has 0 saturated carbocycles.